The van der Waals surface area contributed by atoms with Crippen LogP contribution in [0.1, 0.15) is 36.0 Å². The topological polar surface area (TPSA) is 92.4 Å². The van der Waals surface area contributed by atoms with Crippen LogP contribution in [-0.2, 0) is 6.42 Å². The van der Waals surface area contributed by atoms with Crippen molar-refractivity contribution in [3.8, 4) is 0 Å². The molecule has 1 amide bonds. The van der Waals surface area contributed by atoms with Gasteiger partial charge in [-0.1, -0.05) is 13.3 Å². The first-order valence-electron chi connectivity index (χ1n) is 6.49. The summed E-state index contributed by atoms with van der Waals surface area (Å²) in [4.78, 5) is 26.5. The molecule has 106 valence electrons. The number of hydrogen-bond acceptors (Lipinski definition) is 4. The van der Waals surface area contributed by atoms with Crippen molar-refractivity contribution in [3.05, 3.63) is 29.7 Å². The number of carbonyl (C=O) groups is 2. The van der Waals surface area contributed by atoms with Crippen LogP contribution in [0.2, 0.25) is 0 Å². The smallest absolute Gasteiger partial charge is 0.405 e. The van der Waals surface area contributed by atoms with E-state index in [2.05, 4.69) is 11.9 Å². The first kappa shape index (κ1) is 14.0. The Kier molecular flexibility index (Phi) is 4.34. The maximum atomic E-state index is 11.8. The Labute approximate surface area is 115 Å². The Morgan fingerprint density at radius 1 is 1.40 bits per heavy atom. The molecule has 0 atom stereocenters. The number of carboxylic acid groups (broad SMARTS) is 1. The molecule has 0 aliphatic carbocycles. The van der Waals surface area contributed by atoms with Crippen molar-refractivity contribution in [1.29, 1.82) is 0 Å². The molecular weight excluding hydrogens is 260 g/mol. The zero-order chi connectivity index (χ0) is 14.5. The summed E-state index contributed by atoms with van der Waals surface area (Å²) in [6.45, 7) is 1.84. The van der Waals surface area contributed by atoms with Crippen LogP contribution >= 0.6 is 0 Å². The first-order valence-corrected chi connectivity index (χ1v) is 6.49. The van der Waals surface area contributed by atoms with Gasteiger partial charge in [0.05, 0.1) is 6.54 Å². The van der Waals surface area contributed by atoms with Crippen LogP contribution in [0.5, 0.6) is 0 Å². The Balaban J connectivity index is 2.15. The second-order valence-corrected chi connectivity index (χ2v) is 4.48. The van der Waals surface area contributed by atoms with Gasteiger partial charge >= 0.3 is 6.09 Å². The number of amides is 1. The highest BCUT2D eigenvalue weighted by Gasteiger charge is 2.11. The van der Waals surface area contributed by atoms with Gasteiger partial charge in [0.15, 0.2) is 17.3 Å². The zero-order valence-electron chi connectivity index (χ0n) is 11.2. The molecule has 2 N–H and O–H groups in total. The minimum Gasteiger partial charge on any atom is -0.465 e. The van der Waals surface area contributed by atoms with E-state index in [1.807, 2.05) is 5.32 Å². The van der Waals surface area contributed by atoms with Gasteiger partial charge in [0.25, 0.3) is 0 Å². The number of oxazole rings is 1. The van der Waals surface area contributed by atoms with E-state index >= 15 is 0 Å². The van der Waals surface area contributed by atoms with Crippen LogP contribution < -0.4 is 5.32 Å². The van der Waals surface area contributed by atoms with E-state index in [0.717, 1.165) is 19.3 Å². The van der Waals surface area contributed by atoms with Gasteiger partial charge in [-0.25, -0.2) is 9.78 Å². The summed E-state index contributed by atoms with van der Waals surface area (Å²) in [5.41, 5.74) is 1.67. The number of aromatic nitrogens is 1. The molecule has 6 heteroatoms. The molecule has 0 saturated carbocycles. The van der Waals surface area contributed by atoms with E-state index in [1.54, 1.807) is 18.2 Å². The van der Waals surface area contributed by atoms with Crippen LogP contribution in [0.4, 0.5) is 4.79 Å². The van der Waals surface area contributed by atoms with E-state index in [9.17, 15) is 9.59 Å². The van der Waals surface area contributed by atoms with Crippen molar-refractivity contribution in [2.75, 3.05) is 6.54 Å². The molecule has 0 bridgehead atoms. The fourth-order valence-electron chi connectivity index (χ4n) is 1.84. The molecule has 20 heavy (non-hydrogen) atoms. The van der Waals surface area contributed by atoms with Crippen LogP contribution in [-0.4, -0.2) is 28.5 Å². The average molecular weight is 276 g/mol. The third-order valence-electron chi connectivity index (χ3n) is 2.90. The first-order chi connectivity index (χ1) is 9.60. The number of Topliss-reactive ketones (excluding diaryl/α,β-unsaturated/α-hetero) is 1. The molecule has 2 rings (SSSR count). The van der Waals surface area contributed by atoms with E-state index in [4.69, 9.17) is 9.52 Å². The van der Waals surface area contributed by atoms with Gasteiger partial charge < -0.3 is 14.8 Å². The molecule has 0 aliphatic rings. The van der Waals surface area contributed by atoms with Gasteiger partial charge in [-0.05, 0) is 24.6 Å². The van der Waals surface area contributed by atoms with Crippen molar-refractivity contribution in [1.82, 2.24) is 10.3 Å². The molecule has 0 radical (unpaired) electrons. The molecular formula is C14H16N2O4. The average Bonchev–Trinajstić information content (AvgIpc) is 2.84. The third kappa shape index (κ3) is 3.34. The van der Waals surface area contributed by atoms with E-state index < -0.39 is 6.09 Å². The molecule has 0 aliphatic heterocycles. The van der Waals surface area contributed by atoms with E-state index in [-0.39, 0.29) is 12.3 Å². The lowest BCUT2D eigenvalue weighted by Gasteiger charge is -2.00. The summed E-state index contributed by atoms with van der Waals surface area (Å²) >= 11 is 0. The number of rotatable bonds is 6. The van der Waals surface area contributed by atoms with Crippen molar-refractivity contribution >= 4 is 23.0 Å². The Morgan fingerprint density at radius 2 is 2.20 bits per heavy atom. The fourth-order valence-corrected chi connectivity index (χ4v) is 1.84. The Hall–Kier alpha value is -2.37. The molecule has 1 aromatic heterocycles. The van der Waals surface area contributed by atoms with Crippen molar-refractivity contribution in [2.24, 2.45) is 0 Å². The lowest BCUT2D eigenvalue weighted by atomic mass is 10.1. The number of benzene rings is 1. The minimum absolute atomic E-state index is 0.252. The number of unbranched alkanes of at least 4 members (excludes halogenated alkanes) is 1. The molecule has 6 nitrogen and oxygen atoms in total. The highest BCUT2D eigenvalue weighted by atomic mass is 16.4. The predicted octanol–water partition coefficient (Wildman–Crippen LogP) is 2.62. The number of aryl methyl sites for hydroxylation is 1. The summed E-state index contributed by atoms with van der Waals surface area (Å²) < 4.78 is 5.59. The van der Waals surface area contributed by atoms with Crippen molar-refractivity contribution in [2.45, 2.75) is 26.2 Å². The van der Waals surface area contributed by atoms with Crippen LogP contribution in [0.3, 0.4) is 0 Å². The van der Waals surface area contributed by atoms with Crippen LogP contribution in [0, 0.1) is 0 Å². The number of fused-ring (bicyclic) bond motifs is 1. The second-order valence-electron chi connectivity index (χ2n) is 4.48. The second kappa shape index (κ2) is 6.18. The van der Waals surface area contributed by atoms with Crippen LogP contribution in [0.15, 0.2) is 22.6 Å². The van der Waals surface area contributed by atoms with Gasteiger partial charge in [-0.2, -0.15) is 0 Å². The summed E-state index contributed by atoms with van der Waals surface area (Å²) in [7, 11) is 0. The molecule has 1 aromatic carbocycles. The normalized spacial score (nSPS) is 10.7. The molecule has 0 fully saturated rings. The maximum Gasteiger partial charge on any atom is 0.405 e. The number of carbonyl (C=O) groups excluding carboxylic acids is 1. The van der Waals surface area contributed by atoms with Gasteiger partial charge in [0, 0.05) is 12.0 Å². The Morgan fingerprint density at radius 3 is 2.90 bits per heavy atom. The number of nitrogens with zero attached hydrogens (tertiary/aromatic N) is 1. The highest BCUT2D eigenvalue weighted by molar-refractivity contribution is 6.00. The van der Waals surface area contributed by atoms with Crippen molar-refractivity contribution in [3.63, 3.8) is 0 Å². The lowest BCUT2D eigenvalue weighted by molar-refractivity contribution is 0.0987. The zero-order valence-corrected chi connectivity index (χ0v) is 11.2. The van der Waals surface area contributed by atoms with Crippen LogP contribution in [0.25, 0.3) is 11.1 Å². The standard InChI is InChI=1S/C14H16N2O4/c1-2-3-4-13-16-10-6-5-9(7-12(10)20-13)11(17)8-15-14(18)19/h5-7,15H,2-4,8H2,1H3,(H,18,19). The van der Waals surface area contributed by atoms with Crippen molar-refractivity contribution < 1.29 is 19.1 Å². The minimum atomic E-state index is -1.22. The maximum absolute atomic E-state index is 11.8. The fraction of sp³-hybridized carbons (Fsp3) is 0.357. The van der Waals surface area contributed by atoms with E-state index in [0.29, 0.717) is 22.6 Å². The Bertz CT molecular complexity index is 633. The SMILES string of the molecule is CCCCc1nc2ccc(C(=O)CNC(=O)O)cc2o1. The summed E-state index contributed by atoms with van der Waals surface area (Å²) in [5.74, 6) is 0.357. The number of nitrogens with one attached hydrogen (secondary N) is 1. The van der Waals surface area contributed by atoms with Gasteiger partial charge in [0.2, 0.25) is 0 Å². The summed E-state index contributed by atoms with van der Waals surface area (Å²) in [6, 6.07) is 4.94. The molecule has 0 spiro atoms. The molecule has 0 saturated heterocycles. The number of hydrogen-bond donors (Lipinski definition) is 2. The monoisotopic (exact) mass is 276 g/mol. The number of ketones is 1. The van der Waals surface area contributed by atoms with Gasteiger partial charge in [0.1, 0.15) is 5.52 Å². The van der Waals surface area contributed by atoms with Gasteiger partial charge in [-0.3, -0.25) is 4.79 Å². The lowest BCUT2D eigenvalue weighted by Crippen LogP contribution is -2.27. The van der Waals surface area contributed by atoms with E-state index in [1.165, 1.54) is 0 Å². The molecule has 0 unspecified atom stereocenters. The third-order valence-corrected chi connectivity index (χ3v) is 2.90. The molecule has 1 heterocycles. The van der Waals surface area contributed by atoms with Gasteiger partial charge in [-0.15, -0.1) is 0 Å². The summed E-state index contributed by atoms with van der Waals surface area (Å²) in [6.07, 6.45) is 1.61. The quantitative estimate of drug-likeness (QED) is 0.791. The largest absolute Gasteiger partial charge is 0.465 e. The highest BCUT2D eigenvalue weighted by Crippen LogP contribution is 2.18. The molecule has 2 aromatic rings. The predicted molar refractivity (Wildman–Crippen MR) is 73.0 cm³/mol. The summed E-state index contributed by atoms with van der Waals surface area (Å²) in [5, 5.41) is 10.5.